The fraction of sp³-hybridized carbons (Fsp3) is 0.409. The highest BCUT2D eigenvalue weighted by Crippen LogP contribution is 2.33. The van der Waals surface area contributed by atoms with Gasteiger partial charge in [0.2, 0.25) is 5.91 Å². The second-order valence-electron chi connectivity index (χ2n) is 7.27. The van der Waals surface area contributed by atoms with Crippen LogP contribution in [0.25, 0.3) is 0 Å². The Morgan fingerprint density at radius 1 is 1.00 bits per heavy atom. The van der Waals surface area contributed by atoms with Crippen LogP contribution in [-0.2, 0) is 4.79 Å². The van der Waals surface area contributed by atoms with E-state index in [-0.39, 0.29) is 17.2 Å². The van der Waals surface area contributed by atoms with Crippen molar-refractivity contribution < 1.29 is 9.53 Å². The molecule has 2 aromatic carbocycles. The van der Waals surface area contributed by atoms with E-state index < -0.39 is 0 Å². The third kappa shape index (κ3) is 4.85. The number of hydrogen-bond donors (Lipinski definition) is 2. The van der Waals surface area contributed by atoms with Crippen molar-refractivity contribution >= 4 is 17.7 Å². The number of hydrogen-bond acceptors (Lipinski definition) is 4. The van der Waals surface area contributed by atoms with E-state index >= 15 is 0 Å². The second kappa shape index (κ2) is 8.81. The molecule has 142 valence electrons. The molecule has 0 spiro atoms. The first-order chi connectivity index (χ1) is 13.3. The lowest BCUT2D eigenvalue weighted by molar-refractivity contribution is -0.121. The van der Waals surface area contributed by atoms with Gasteiger partial charge in [-0.15, -0.1) is 11.8 Å². The quantitative estimate of drug-likeness (QED) is 0.783. The lowest BCUT2D eigenvalue weighted by atomic mass is 9.93. The van der Waals surface area contributed by atoms with Crippen molar-refractivity contribution in [2.75, 3.05) is 12.3 Å². The Balaban J connectivity index is 1.35. The van der Waals surface area contributed by atoms with Crippen LogP contribution in [0, 0.1) is 0 Å². The molecule has 0 radical (unpaired) electrons. The monoisotopic (exact) mass is 382 g/mol. The summed E-state index contributed by atoms with van der Waals surface area (Å²) in [4.78, 5) is 12.7. The Morgan fingerprint density at radius 3 is 2.44 bits per heavy atom. The highest BCUT2D eigenvalue weighted by atomic mass is 32.2. The molecule has 0 aromatic heterocycles. The maximum atomic E-state index is 12.7. The van der Waals surface area contributed by atoms with Gasteiger partial charge in [-0.1, -0.05) is 36.8 Å². The van der Waals surface area contributed by atoms with E-state index in [9.17, 15) is 4.79 Å². The number of rotatable bonds is 6. The van der Waals surface area contributed by atoms with Crippen LogP contribution in [0.15, 0.2) is 54.6 Å². The summed E-state index contributed by atoms with van der Waals surface area (Å²) >= 11 is 1.73. The van der Waals surface area contributed by atoms with Gasteiger partial charge in [0.1, 0.15) is 16.7 Å². The molecule has 0 bridgehead atoms. The number of carbonyl (C=O) groups is 1. The first kappa shape index (κ1) is 18.4. The number of thioether (sulfide) groups is 1. The molecule has 0 unspecified atom stereocenters. The molecule has 2 N–H and O–H groups in total. The fourth-order valence-electron chi connectivity index (χ4n) is 3.41. The molecule has 2 fully saturated rings. The van der Waals surface area contributed by atoms with E-state index in [1.54, 1.807) is 11.8 Å². The third-order valence-electron chi connectivity index (χ3n) is 5.26. The zero-order chi connectivity index (χ0) is 18.5. The fourth-order valence-corrected chi connectivity index (χ4v) is 4.64. The number of carbonyl (C=O) groups excluding carboxylic acids is 1. The van der Waals surface area contributed by atoms with E-state index in [0.717, 1.165) is 35.8 Å². The number of benzene rings is 2. The maximum Gasteiger partial charge on any atom is 0.237 e. The highest BCUT2D eigenvalue weighted by molar-refractivity contribution is 8.00. The van der Waals surface area contributed by atoms with Gasteiger partial charge in [0.05, 0.1) is 0 Å². The van der Waals surface area contributed by atoms with Gasteiger partial charge < -0.3 is 15.4 Å². The Labute approximate surface area is 165 Å². The standard InChI is InChI=1S/C22H26N2O2S/c25-22-21(27-14-13-18(24-22)15-23-17-5-4-6-17)16-9-11-20(12-10-16)26-19-7-2-1-3-8-19/h1-3,7-12,17-18,21,23H,4-6,13-15H2,(H,24,25)/t18-,21+/m0/s1. The molecule has 5 heteroatoms. The van der Waals surface area contributed by atoms with E-state index in [1.165, 1.54) is 19.3 Å². The lowest BCUT2D eigenvalue weighted by Crippen LogP contribution is -2.46. The molecule has 2 aliphatic rings. The molecule has 27 heavy (non-hydrogen) atoms. The van der Waals surface area contributed by atoms with E-state index in [0.29, 0.717) is 6.04 Å². The summed E-state index contributed by atoms with van der Waals surface area (Å²) in [5.41, 5.74) is 1.03. The molecular weight excluding hydrogens is 356 g/mol. The molecule has 4 nitrogen and oxygen atoms in total. The molecule has 2 atom stereocenters. The summed E-state index contributed by atoms with van der Waals surface area (Å²) in [6, 6.07) is 18.5. The zero-order valence-corrected chi connectivity index (χ0v) is 16.2. The van der Waals surface area contributed by atoms with Crippen LogP contribution >= 0.6 is 11.8 Å². The first-order valence-corrected chi connectivity index (χ1v) is 10.8. The van der Waals surface area contributed by atoms with Gasteiger partial charge >= 0.3 is 0 Å². The predicted octanol–water partition coefficient (Wildman–Crippen LogP) is 4.28. The van der Waals surface area contributed by atoms with Crippen molar-refractivity contribution in [3.8, 4) is 11.5 Å². The van der Waals surface area contributed by atoms with E-state index in [1.807, 2.05) is 54.6 Å². The van der Waals surface area contributed by atoms with Gasteiger partial charge in [0.25, 0.3) is 0 Å². The van der Waals surface area contributed by atoms with E-state index in [2.05, 4.69) is 10.6 Å². The molecule has 4 rings (SSSR count). The van der Waals surface area contributed by atoms with Crippen LogP contribution in [0.1, 0.15) is 36.5 Å². The summed E-state index contributed by atoms with van der Waals surface area (Å²) in [6.07, 6.45) is 4.89. The van der Waals surface area contributed by atoms with Crippen LogP contribution in [0.5, 0.6) is 11.5 Å². The van der Waals surface area contributed by atoms with Gasteiger partial charge in [0, 0.05) is 18.6 Å². The SMILES string of the molecule is O=C1N[C@H](CNC2CCC2)CCS[C@@H]1c1ccc(Oc2ccccc2)cc1. The van der Waals surface area contributed by atoms with Crippen LogP contribution in [0.4, 0.5) is 0 Å². The zero-order valence-electron chi connectivity index (χ0n) is 15.4. The molecule has 1 saturated heterocycles. The molecule has 2 aromatic rings. The Hall–Kier alpha value is -1.98. The average molecular weight is 383 g/mol. The Bertz CT molecular complexity index is 747. The largest absolute Gasteiger partial charge is 0.457 e. The second-order valence-corrected chi connectivity index (χ2v) is 8.48. The van der Waals surface area contributed by atoms with Crippen LogP contribution < -0.4 is 15.4 Å². The maximum absolute atomic E-state index is 12.7. The predicted molar refractivity (Wildman–Crippen MR) is 110 cm³/mol. The molecule has 1 amide bonds. The summed E-state index contributed by atoms with van der Waals surface area (Å²) in [7, 11) is 0. The summed E-state index contributed by atoms with van der Waals surface area (Å²) < 4.78 is 5.84. The van der Waals surface area contributed by atoms with Crippen molar-refractivity contribution in [3.63, 3.8) is 0 Å². The van der Waals surface area contributed by atoms with Gasteiger partial charge in [0.15, 0.2) is 0 Å². The average Bonchev–Trinajstić information content (AvgIpc) is 2.83. The lowest BCUT2D eigenvalue weighted by Gasteiger charge is -2.28. The van der Waals surface area contributed by atoms with Crippen LogP contribution in [0.2, 0.25) is 0 Å². The van der Waals surface area contributed by atoms with Crippen molar-refractivity contribution in [3.05, 3.63) is 60.2 Å². The molecule has 1 saturated carbocycles. The minimum Gasteiger partial charge on any atom is -0.457 e. The van der Waals surface area contributed by atoms with Gasteiger partial charge in [-0.05, 0) is 54.8 Å². The number of amides is 1. The van der Waals surface area contributed by atoms with Gasteiger partial charge in [-0.3, -0.25) is 4.79 Å². The molecule has 1 aliphatic heterocycles. The van der Waals surface area contributed by atoms with Crippen LogP contribution in [0.3, 0.4) is 0 Å². The minimum atomic E-state index is -0.149. The van der Waals surface area contributed by atoms with Crippen molar-refractivity contribution in [2.24, 2.45) is 0 Å². The van der Waals surface area contributed by atoms with Gasteiger partial charge in [-0.2, -0.15) is 0 Å². The van der Waals surface area contributed by atoms with E-state index in [4.69, 9.17) is 4.74 Å². The summed E-state index contributed by atoms with van der Waals surface area (Å²) in [6.45, 7) is 0.882. The number of nitrogens with one attached hydrogen (secondary N) is 2. The highest BCUT2D eigenvalue weighted by Gasteiger charge is 2.28. The van der Waals surface area contributed by atoms with Crippen molar-refractivity contribution in [1.82, 2.24) is 10.6 Å². The molecular formula is C22H26N2O2S. The van der Waals surface area contributed by atoms with Crippen LogP contribution in [-0.4, -0.2) is 30.3 Å². The smallest absolute Gasteiger partial charge is 0.237 e. The number of ether oxygens (including phenoxy) is 1. The summed E-state index contributed by atoms with van der Waals surface area (Å²) in [5, 5.41) is 6.67. The topological polar surface area (TPSA) is 50.4 Å². The van der Waals surface area contributed by atoms with Crippen molar-refractivity contribution in [1.29, 1.82) is 0 Å². The minimum absolute atomic E-state index is 0.120. The Morgan fingerprint density at radius 2 is 1.74 bits per heavy atom. The van der Waals surface area contributed by atoms with Crippen molar-refractivity contribution in [2.45, 2.75) is 43.0 Å². The molecule has 1 heterocycles. The third-order valence-corrected chi connectivity index (χ3v) is 6.55. The molecule has 1 aliphatic carbocycles. The normalized spacial score (nSPS) is 23.2. The summed E-state index contributed by atoms with van der Waals surface area (Å²) in [5.74, 6) is 2.71. The first-order valence-electron chi connectivity index (χ1n) is 9.76. The number of para-hydroxylation sites is 1. The van der Waals surface area contributed by atoms with Gasteiger partial charge in [-0.25, -0.2) is 0 Å². The Kier molecular flexibility index (Phi) is 6.00.